The van der Waals surface area contributed by atoms with E-state index in [4.69, 9.17) is 4.74 Å². The van der Waals surface area contributed by atoms with Crippen LogP contribution in [0.15, 0.2) is 48.7 Å². The van der Waals surface area contributed by atoms with E-state index in [2.05, 4.69) is 11.1 Å². The number of aromatic hydroxyl groups is 1. The maximum Gasteiger partial charge on any atom is 0.125 e. The van der Waals surface area contributed by atoms with Gasteiger partial charge in [0.1, 0.15) is 11.5 Å². The highest BCUT2D eigenvalue weighted by Crippen LogP contribution is 2.39. The third kappa shape index (κ3) is 2.12. The van der Waals surface area contributed by atoms with Gasteiger partial charge >= 0.3 is 0 Å². The largest absolute Gasteiger partial charge is 0.508 e. The van der Waals surface area contributed by atoms with Gasteiger partial charge in [-0.25, -0.2) is 0 Å². The molecule has 2 aromatic carbocycles. The number of hydrogen-bond acceptors (Lipinski definition) is 3. The molecular weight excluding hydrogens is 278 g/mol. The van der Waals surface area contributed by atoms with Crippen molar-refractivity contribution in [2.45, 2.75) is 12.5 Å². The number of para-hydroxylation sites is 1. The summed E-state index contributed by atoms with van der Waals surface area (Å²) in [5.41, 5.74) is 2.93. The lowest BCUT2D eigenvalue weighted by atomic mass is 9.88. The van der Waals surface area contributed by atoms with E-state index in [1.165, 1.54) is 10.9 Å². The minimum Gasteiger partial charge on any atom is -0.508 e. The molecule has 1 aromatic heterocycles. The average molecular weight is 295 g/mol. The number of fused-ring (bicyclic) bond motifs is 2. The molecule has 22 heavy (non-hydrogen) atoms. The minimum atomic E-state index is -0.635. The van der Waals surface area contributed by atoms with E-state index >= 15 is 0 Å². The molecule has 4 heteroatoms. The lowest BCUT2D eigenvalue weighted by Crippen LogP contribution is -2.27. The van der Waals surface area contributed by atoms with Crippen LogP contribution >= 0.6 is 0 Å². The molecule has 0 bridgehead atoms. The third-order valence-electron chi connectivity index (χ3n) is 4.37. The summed E-state index contributed by atoms with van der Waals surface area (Å²) in [5.74, 6) is 0.767. The van der Waals surface area contributed by atoms with Crippen LogP contribution in [0.1, 0.15) is 17.2 Å². The van der Waals surface area contributed by atoms with E-state index < -0.39 is 6.10 Å². The monoisotopic (exact) mass is 295 g/mol. The Labute approximate surface area is 128 Å². The predicted molar refractivity (Wildman–Crippen MR) is 84.1 cm³/mol. The van der Waals surface area contributed by atoms with Crippen molar-refractivity contribution in [2.75, 3.05) is 6.61 Å². The Kier molecular flexibility index (Phi) is 3.05. The van der Waals surface area contributed by atoms with E-state index in [1.54, 1.807) is 18.2 Å². The Morgan fingerprint density at radius 2 is 2.05 bits per heavy atom. The number of phenolic OH excluding ortho intramolecular Hbond substituents is 1. The summed E-state index contributed by atoms with van der Waals surface area (Å²) in [6.45, 7) is 0.471. The second-order valence-corrected chi connectivity index (χ2v) is 5.80. The van der Waals surface area contributed by atoms with Crippen molar-refractivity contribution in [3.05, 3.63) is 59.8 Å². The van der Waals surface area contributed by atoms with Crippen LogP contribution < -0.4 is 4.74 Å². The summed E-state index contributed by atoms with van der Waals surface area (Å²) in [5, 5.41) is 21.4. The van der Waals surface area contributed by atoms with Crippen molar-refractivity contribution in [3.8, 4) is 11.5 Å². The quantitative estimate of drug-likeness (QED) is 0.680. The van der Waals surface area contributed by atoms with Crippen molar-refractivity contribution in [1.29, 1.82) is 0 Å². The highest BCUT2D eigenvalue weighted by atomic mass is 16.5. The lowest BCUT2D eigenvalue weighted by molar-refractivity contribution is 0.0507. The van der Waals surface area contributed by atoms with Gasteiger partial charge in [-0.05, 0) is 36.2 Å². The van der Waals surface area contributed by atoms with Crippen LogP contribution in [-0.2, 0) is 6.42 Å². The van der Waals surface area contributed by atoms with Crippen molar-refractivity contribution < 1.29 is 14.9 Å². The Hall–Kier alpha value is -2.46. The summed E-state index contributed by atoms with van der Waals surface area (Å²) in [7, 11) is 0. The Balaban J connectivity index is 1.64. The van der Waals surface area contributed by atoms with Gasteiger partial charge in [0.15, 0.2) is 0 Å². The van der Waals surface area contributed by atoms with Gasteiger partial charge in [-0.15, -0.1) is 0 Å². The molecule has 4 rings (SSSR count). The SMILES string of the molecule is Oc1ccc2c(c1)[C@@H](O)[C@H](Cc1c[nH]c3ccccc13)CO2. The number of rotatable bonds is 2. The second kappa shape index (κ2) is 5.07. The van der Waals surface area contributed by atoms with Gasteiger partial charge in [0, 0.05) is 28.6 Å². The normalized spacial score (nSPS) is 20.6. The smallest absolute Gasteiger partial charge is 0.125 e. The molecule has 2 heterocycles. The Morgan fingerprint density at radius 1 is 1.18 bits per heavy atom. The molecule has 0 unspecified atom stereocenters. The summed E-state index contributed by atoms with van der Waals surface area (Å²) in [6.07, 6.45) is 2.08. The molecule has 2 atom stereocenters. The first kappa shape index (κ1) is 13.2. The second-order valence-electron chi connectivity index (χ2n) is 5.80. The fourth-order valence-corrected chi connectivity index (χ4v) is 3.19. The summed E-state index contributed by atoms with van der Waals surface area (Å²) < 4.78 is 5.74. The first-order chi connectivity index (χ1) is 10.7. The minimum absolute atomic E-state index is 0.0338. The van der Waals surface area contributed by atoms with Crippen molar-refractivity contribution >= 4 is 10.9 Å². The maximum atomic E-state index is 10.6. The van der Waals surface area contributed by atoms with Crippen molar-refractivity contribution in [3.63, 3.8) is 0 Å². The first-order valence-electron chi connectivity index (χ1n) is 7.41. The molecule has 3 aromatic rings. The van der Waals surface area contributed by atoms with Gasteiger partial charge < -0.3 is 19.9 Å². The van der Waals surface area contributed by atoms with Crippen LogP contribution in [0.5, 0.6) is 11.5 Å². The van der Waals surface area contributed by atoms with Gasteiger partial charge in [0.2, 0.25) is 0 Å². The number of nitrogens with one attached hydrogen (secondary N) is 1. The molecule has 4 nitrogen and oxygen atoms in total. The average Bonchev–Trinajstić information content (AvgIpc) is 2.94. The number of phenols is 1. The van der Waals surface area contributed by atoms with E-state index in [0.717, 1.165) is 11.9 Å². The molecule has 1 aliphatic rings. The fourth-order valence-electron chi connectivity index (χ4n) is 3.19. The number of hydrogen-bond donors (Lipinski definition) is 3. The van der Waals surface area contributed by atoms with Crippen LogP contribution in [0.2, 0.25) is 0 Å². The zero-order valence-corrected chi connectivity index (χ0v) is 12.0. The molecular formula is C18H17NO3. The molecule has 0 spiro atoms. The molecule has 0 saturated carbocycles. The van der Waals surface area contributed by atoms with E-state index in [0.29, 0.717) is 17.9 Å². The molecule has 0 fully saturated rings. The number of H-pyrrole nitrogens is 1. The topological polar surface area (TPSA) is 65.5 Å². The Bertz CT molecular complexity index is 824. The molecule has 0 radical (unpaired) electrons. The van der Waals surface area contributed by atoms with E-state index in [9.17, 15) is 10.2 Å². The fraction of sp³-hybridized carbons (Fsp3) is 0.222. The molecule has 1 aliphatic heterocycles. The molecule has 3 N–H and O–H groups in total. The zero-order valence-electron chi connectivity index (χ0n) is 12.0. The van der Waals surface area contributed by atoms with E-state index in [1.807, 2.05) is 24.4 Å². The molecule has 0 amide bonds. The highest BCUT2D eigenvalue weighted by molar-refractivity contribution is 5.83. The zero-order chi connectivity index (χ0) is 15.1. The Morgan fingerprint density at radius 3 is 2.95 bits per heavy atom. The van der Waals surface area contributed by atoms with Gasteiger partial charge in [0.25, 0.3) is 0 Å². The van der Waals surface area contributed by atoms with Crippen LogP contribution in [0.4, 0.5) is 0 Å². The lowest BCUT2D eigenvalue weighted by Gasteiger charge is -2.30. The van der Waals surface area contributed by atoms with Crippen LogP contribution in [0, 0.1) is 5.92 Å². The summed E-state index contributed by atoms with van der Waals surface area (Å²) in [6, 6.07) is 13.0. The summed E-state index contributed by atoms with van der Waals surface area (Å²) >= 11 is 0. The van der Waals surface area contributed by atoms with Crippen molar-refractivity contribution in [1.82, 2.24) is 4.98 Å². The number of aromatic amines is 1. The predicted octanol–water partition coefficient (Wildman–Crippen LogP) is 3.16. The third-order valence-corrected chi connectivity index (χ3v) is 4.37. The van der Waals surface area contributed by atoms with E-state index in [-0.39, 0.29) is 11.7 Å². The highest BCUT2D eigenvalue weighted by Gasteiger charge is 2.30. The first-order valence-corrected chi connectivity index (χ1v) is 7.41. The standard InChI is InChI=1S/C18H17NO3/c20-13-5-6-17-15(8-13)18(21)12(10-22-17)7-11-9-19-16-4-2-1-3-14(11)16/h1-6,8-9,12,18-21H,7,10H2/t12-,18+/m1/s1. The maximum absolute atomic E-state index is 10.6. The van der Waals surface area contributed by atoms with Crippen molar-refractivity contribution in [2.24, 2.45) is 5.92 Å². The van der Waals surface area contributed by atoms with Crippen LogP contribution in [0.3, 0.4) is 0 Å². The number of aliphatic hydroxyl groups is 1. The van der Waals surface area contributed by atoms with Gasteiger partial charge in [-0.3, -0.25) is 0 Å². The molecule has 112 valence electrons. The molecule has 0 saturated heterocycles. The van der Waals surface area contributed by atoms with Gasteiger partial charge in [-0.2, -0.15) is 0 Å². The number of benzene rings is 2. The number of ether oxygens (including phenoxy) is 1. The van der Waals surface area contributed by atoms with Crippen LogP contribution in [-0.4, -0.2) is 21.8 Å². The summed E-state index contributed by atoms with van der Waals surface area (Å²) in [4.78, 5) is 3.26. The van der Waals surface area contributed by atoms with Gasteiger partial charge in [0.05, 0.1) is 12.7 Å². The number of aliphatic hydroxyl groups excluding tert-OH is 1. The van der Waals surface area contributed by atoms with Gasteiger partial charge in [-0.1, -0.05) is 18.2 Å². The van der Waals surface area contributed by atoms with Crippen LogP contribution in [0.25, 0.3) is 10.9 Å². The number of aromatic nitrogens is 1. The molecule has 0 aliphatic carbocycles.